The molecule has 0 bridgehead atoms. The van der Waals surface area contributed by atoms with Crippen LogP contribution in [0.1, 0.15) is 21.7 Å². The Morgan fingerprint density at radius 2 is 2.00 bits per heavy atom. The lowest BCUT2D eigenvalue weighted by molar-refractivity contribution is -0.142. The molecule has 0 saturated carbocycles. The van der Waals surface area contributed by atoms with E-state index in [1.165, 1.54) is 23.4 Å². The first-order valence-corrected chi connectivity index (χ1v) is 9.39. The predicted molar refractivity (Wildman–Crippen MR) is 102 cm³/mol. The van der Waals surface area contributed by atoms with Crippen molar-refractivity contribution in [1.82, 2.24) is 19.7 Å². The van der Waals surface area contributed by atoms with Crippen molar-refractivity contribution >= 4 is 11.6 Å². The molecule has 1 aliphatic rings. The Labute approximate surface area is 178 Å². The van der Waals surface area contributed by atoms with Gasteiger partial charge in [0.2, 0.25) is 0 Å². The van der Waals surface area contributed by atoms with Crippen LogP contribution in [-0.4, -0.2) is 44.9 Å². The average Bonchev–Trinajstić information content (AvgIpc) is 3.29. The molecule has 32 heavy (non-hydrogen) atoms. The van der Waals surface area contributed by atoms with E-state index in [9.17, 15) is 26.7 Å². The number of ether oxygens (including phenoxy) is 1. The largest absolute Gasteiger partial charge is 0.486 e. The molecular formula is C20H16F5N5O2. The first-order valence-electron chi connectivity index (χ1n) is 9.39. The normalized spacial score (nSPS) is 13.7. The second-order valence-electron chi connectivity index (χ2n) is 7.10. The summed E-state index contributed by atoms with van der Waals surface area (Å²) in [5.74, 6) is -0.214. The number of nitrogens with zero attached hydrogens (tertiary/aromatic N) is 5. The van der Waals surface area contributed by atoms with Crippen molar-refractivity contribution in [3.63, 3.8) is 0 Å². The van der Waals surface area contributed by atoms with E-state index in [2.05, 4.69) is 15.1 Å². The minimum atomic E-state index is -4.43. The first-order chi connectivity index (χ1) is 15.1. The van der Waals surface area contributed by atoms with E-state index in [0.29, 0.717) is 32.9 Å². The fraction of sp³-hybridized carbons (Fsp3) is 0.300. The topological polar surface area (TPSA) is 73.1 Å². The molecule has 0 spiro atoms. The maximum absolute atomic E-state index is 12.7. The van der Waals surface area contributed by atoms with Crippen molar-refractivity contribution in [2.45, 2.75) is 32.6 Å². The zero-order valence-corrected chi connectivity index (χ0v) is 16.6. The highest BCUT2D eigenvalue weighted by Crippen LogP contribution is 2.31. The lowest BCUT2D eigenvalue weighted by atomic mass is 10.1. The van der Waals surface area contributed by atoms with Gasteiger partial charge in [0.1, 0.15) is 18.9 Å². The third-order valence-electron chi connectivity index (χ3n) is 4.73. The van der Waals surface area contributed by atoms with E-state index in [1.807, 2.05) is 0 Å². The minimum Gasteiger partial charge on any atom is -0.486 e. The number of carbonyl (C=O) groups excluding carboxylic acids is 1. The van der Waals surface area contributed by atoms with Crippen LogP contribution in [0.5, 0.6) is 5.75 Å². The van der Waals surface area contributed by atoms with Crippen LogP contribution in [0.4, 0.5) is 27.6 Å². The molecule has 168 valence electrons. The summed E-state index contributed by atoms with van der Waals surface area (Å²) in [5, 5.41) is 3.66. The Morgan fingerprint density at radius 1 is 1.22 bits per heavy atom. The van der Waals surface area contributed by atoms with Gasteiger partial charge in [-0.2, -0.15) is 18.3 Å². The highest BCUT2D eigenvalue weighted by molar-refractivity contribution is 6.09. The predicted octanol–water partition coefficient (Wildman–Crippen LogP) is 4.02. The zero-order chi connectivity index (χ0) is 23.0. The van der Waals surface area contributed by atoms with Crippen LogP contribution >= 0.6 is 0 Å². The van der Waals surface area contributed by atoms with Crippen molar-refractivity contribution in [2.75, 3.05) is 11.5 Å². The van der Waals surface area contributed by atoms with E-state index in [4.69, 9.17) is 4.74 Å². The fourth-order valence-electron chi connectivity index (χ4n) is 3.27. The average molecular weight is 453 g/mol. The van der Waals surface area contributed by atoms with Crippen molar-refractivity contribution < 1.29 is 31.5 Å². The van der Waals surface area contributed by atoms with Crippen LogP contribution in [-0.2, 0) is 13.1 Å². The zero-order valence-electron chi connectivity index (χ0n) is 16.6. The summed E-state index contributed by atoms with van der Waals surface area (Å²) in [5.41, 5.74) is 2.34. The molecule has 3 aromatic heterocycles. The fourth-order valence-corrected chi connectivity index (χ4v) is 3.27. The molecule has 4 heterocycles. The summed E-state index contributed by atoms with van der Waals surface area (Å²) >= 11 is 0. The molecule has 3 aromatic rings. The SMILES string of the molecule is Cc1ncc(-c2ccc3c(n2)CN(c2cnn(CC(F)(F)F)c2)C3=O)cc1OCC(F)F. The summed E-state index contributed by atoms with van der Waals surface area (Å²) in [6.07, 6.45) is -3.22. The number of amides is 1. The number of halogens is 5. The van der Waals surface area contributed by atoms with Crippen LogP contribution in [0.15, 0.2) is 36.8 Å². The number of hydrogen-bond donors (Lipinski definition) is 0. The molecule has 0 aliphatic carbocycles. The number of fused-ring (bicyclic) bond motifs is 1. The lowest BCUT2D eigenvalue weighted by Gasteiger charge is -2.12. The number of anilines is 1. The van der Waals surface area contributed by atoms with Gasteiger partial charge >= 0.3 is 6.18 Å². The van der Waals surface area contributed by atoms with Gasteiger partial charge in [0.25, 0.3) is 12.3 Å². The Kier molecular flexibility index (Phi) is 5.53. The molecular weight excluding hydrogens is 437 g/mol. The molecule has 0 saturated heterocycles. The summed E-state index contributed by atoms with van der Waals surface area (Å²) in [6.45, 7) is -0.361. The minimum absolute atomic E-state index is 0.0494. The van der Waals surface area contributed by atoms with Crippen molar-refractivity contribution in [3.05, 3.63) is 53.7 Å². The smallest absolute Gasteiger partial charge is 0.408 e. The number of aryl methyl sites for hydroxylation is 1. The van der Waals surface area contributed by atoms with Crippen LogP contribution in [0.2, 0.25) is 0 Å². The standard InChI is InChI=1S/C20H16F5N5O2/c1-11-17(32-9-18(21)22)4-12(5-26-11)15-3-2-14-16(28-15)8-30(19(14)31)13-6-27-29(7-13)10-20(23,24)25/h2-7,18H,8-10H2,1H3. The number of alkyl halides is 5. The number of rotatable bonds is 6. The summed E-state index contributed by atoms with van der Waals surface area (Å²) < 4.78 is 68.4. The third-order valence-corrected chi connectivity index (χ3v) is 4.73. The van der Waals surface area contributed by atoms with Gasteiger partial charge in [-0.3, -0.25) is 24.3 Å². The van der Waals surface area contributed by atoms with Crippen molar-refractivity contribution in [1.29, 1.82) is 0 Å². The second kappa shape index (κ2) is 8.17. The number of hydrogen-bond acceptors (Lipinski definition) is 5. The Morgan fingerprint density at radius 3 is 2.72 bits per heavy atom. The number of pyridine rings is 2. The van der Waals surface area contributed by atoms with E-state index in [-0.39, 0.29) is 18.0 Å². The van der Waals surface area contributed by atoms with Crippen molar-refractivity contribution in [3.8, 4) is 17.0 Å². The molecule has 0 unspecified atom stereocenters. The maximum Gasteiger partial charge on any atom is 0.408 e. The van der Waals surface area contributed by atoms with Crippen LogP contribution in [0.3, 0.4) is 0 Å². The van der Waals surface area contributed by atoms with E-state index in [1.54, 1.807) is 19.1 Å². The summed E-state index contributed by atoms with van der Waals surface area (Å²) in [6, 6.07) is 4.67. The maximum atomic E-state index is 12.7. The van der Waals surface area contributed by atoms with Crippen LogP contribution in [0, 0.1) is 6.92 Å². The molecule has 0 radical (unpaired) electrons. The van der Waals surface area contributed by atoms with Gasteiger partial charge < -0.3 is 4.74 Å². The molecule has 1 aliphatic heterocycles. The van der Waals surface area contributed by atoms with E-state index >= 15 is 0 Å². The monoisotopic (exact) mass is 453 g/mol. The summed E-state index contributed by atoms with van der Waals surface area (Å²) in [7, 11) is 0. The molecule has 0 atom stereocenters. The number of aromatic nitrogens is 4. The molecule has 12 heteroatoms. The summed E-state index contributed by atoms with van der Waals surface area (Å²) in [4.78, 5) is 22.6. The van der Waals surface area contributed by atoms with Crippen LogP contribution in [0.25, 0.3) is 11.3 Å². The lowest BCUT2D eigenvalue weighted by Crippen LogP contribution is -2.22. The Balaban J connectivity index is 1.57. The Bertz CT molecular complexity index is 1160. The van der Waals surface area contributed by atoms with Crippen LogP contribution < -0.4 is 9.64 Å². The van der Waals surface area contributed by atoms with Gasteiger partial charge in [-0.1, -0.05) is 0 Å². The van der Waals surface area contributed by atoms with Gasteiger partial charge in [0.05, 0.1) is 41.1 Å². The van der Waals surface area contributed by atoms with Crippen molar-refractivity contribution in [2.24, 2.45) is 0 Å². The highest BCUT2D eigenvalue weighted by Gasteiger charge is 2.32. The molecule has 0 fully saturated rings. The molecule has 7 nitrogen and oxygen atoms in total. The second-order valence-corrected chi connectivity index (χ2v) is 7.10. The van der Waals surface area contributed by atoms with Gasteiger partial charge in [-0.05, 0) is 25.1 Å². The highest BCUT2D eigenvalue weighted by atomic mass is 19.4. The first kappa shape index (κ1) is 21.7. The molecule has 1 amide bonds. The molecule has 0 aromatic carbocycles. The van der Waals surface area contributed by atoms with Gasteiger partial charge in [-0.25, -0.2) is 8.78 Å². The van der Waals surface area contributed by atoms with E-state index < -0.39 is 31.7 Å². The van der Waals surface area contributed by atoms with Gasteiger partial charge in [0, 0.05) is 18.0 Å². The van der Waals surface area contributed by atoms with Gasteiger partial charge in [0.15, 0.2) is 0 Å². The molecule has 0 N–H and O–H groups in total. The Hall–Kier alpha value is -3.57. The van der Waals surface area contributed by atoms with Gasteiger partial charge in [-0.15, -0.1) is 0 Å². The molecule has 4 rings (SSSR count). The third kappa shape index (κ3) is 4.53. The quantitative estimate of drug-likeness (QED) is 0.528. The number of carbonyl (C=O) groups is 1. The van der Waals surface area contributed by atoms with E-state index in [0.717, 1.165) is 6.20 Å².